The monoisotopic (exact) mass is 390 g/mol. The molecule has 7 nitrogen and oxygen atoms in total. The van der Waals surface area contributed by atoms with Crippen molar-refractivity contribution in [2.24, 2.45) is 0 Å². The number of nitrogens with one attached hydrogen (secondary N) is 2. The zero-order valence-corrected chi connectivity index (χ0v) is 14.9. The van der Waals surface area contributed by atoms with E-state index in [1.54, 1.807) is 26.1 Å². The van der Waals surface area contributed by atoms with E-state index in [-0.39, 0.29) is 25.8 Å². The minimum Gasteiger partial charge on any atom is -0.448 e. The Bertz CT molecular complexity index is 466. The van der Waals surface area contributed by atoms with Crippen LogP contribution in [0.3, 0.4) is 0 Å². The molecular formula is C14H22ClF3N2O5. The quantitative estimate of drug-likeness (QED) is 0.377. The van der Waals surface area contributed by atoms with Crippen molar-refractivity contribution in [3.63, 3.8) is 0 Å². The summed E-state index contributed by atoms with van der Waals surface area (Å²) in [6, 6.07) is -1.47. The van der Waals surface area contributed by atoms with Gasteiger partial charge in [0.25, 0.3) is 0 Å². The van der Waals surface area contributed by atoms with Crippen LogP contribution < -0.4 is 10.6 Å². The van der Waals surface area contributed by atoms with E-state index in [9.17, 15) is 27.6 Å². The lowest BCUT2D eigenvalue weighted by molar-refractivity contribution is -0.173. The smallest absolute Gasteiger partial charge is 0.448 e. The van der Waals surface area contributed by atoms with Gasteiger partial charge in [-0.15, -0.1) is 0 Å². The number of halogens is 4. The van der Waals surface area contributed by atoms with Gasteiger partial charge < -0.3 is 20.1 Å². The van der Waals surface area contributed by atoms with Crippen LogP contribution in [-0.4, -0.2) is 48.4 Å². The number of carbonyl (C=O) groups is 3. The van der Waals surface area contributed by atoms with Crippen LogP contribution in [0.15, 0.2) is 0 Å². The molecule has 0 aliphatic rings. The zero-order valence-electron chi connectivity index (χ0n) is 14.2. The Hall–Kier alpha value is -1.71. The fourth-order valence-corrected chi connectivity index (χ4v) is 1.74. The number of ether oxygens (including phenoxy) is 2. The van der Waals surface area contributed by atoms with Gasteiger partial charge in [-0.25, -0.2) is 9.59 Å². The molecule has 0 heterocycles. The van der Waals surface area contributed by atoms with E-state index < -0.39 is 41.9 Å². The summed E-state index contributed by atoms with van der Waals surface area (Å²) < 4.78 is 45.7. The third-order valence-electron chi connectivity index (χ3n) is 2.63. The van der Waals surface area contributed by atoms with Gasteiger partial charge in [0.15, 0.2) is 6.07 Å². The number of amides is 2. The topological polar surface area (TPSA) is 93.7 Å². The molecule has 0 aliphatic heterocycles. The van der Waals surface area contributed by atoms with Crippen LogP contribution in [0.4, 0.5) is 18.0 Å². The second-order valence-corrected chi connectivity index (χ2v) is 6.24. The second-order valence-electron chi connectivity index (χ2n) is 6.02. The molecule has 1 atom stereocenters. The summed E-state index contributed by atoms with van der Waals surface area (Å²) in [6.45, 7) is 4.70. The van der Waals surface area contributed by atoms with Gasteiger partial charge in [0.2, 0.25) is 0 Å². The molecule has 0 bridgehead atoms. The van der Waals surface area contributed by atoms with Crippen molar-refractivity contribution in [1.82, 2.24) is 10.6 Å². The number of rotatable bonds is 8. The van der Waals surface area contributed by atoms with E-state index in [1.165, 1.54) is 0 Å². The summed E-state index contributed by atoms with van der Waals surface area (Å²) in [6.07, 6.45) is -5.28. The van der Waals surface area contributed by atoms with Crippen molar-refractivity contribution in [3.05, 3.63) is 0 Å². The van der Waals surface area contributed by atoms with Gasteiger partial charge in [-0.1, -0.05) is 11.6 Å². The third kappa shape index (κ3) is 11.5. The highest BCUT2D eigenvalue weighted by Gasteiger charge is 2.38. The largest absolute Gasteiger partial charge is 0.471 e. The molecule has 2 amide bonds. The standard InChI is InChI=1S/C14H22ClF3N2O5/c1-13(2,3)25-12(23)20-9(10(21)24-8-15)6-4-5-7-19-11(22)14(16,17)18/h9H,4-8H2,1-3H3,(H,19,22)(H,20,23)/t9-/m0/s1. The Labute approximate surface area is 148 Å². The molecule has 0 fully saturated rings. The van der Waals surface area contributed by atoms with Crippen LogP contribution >= 0.6 is 11.6 Å². The summed E-state index contributed by atoms with van der Waals surface area (Å²) in [5.74, 6) is -2.82. The van der Waals surface area contributed by atoms with E-state index >= 15 is 0 Å². The predicted molar refractivity (Wildman–Crippen MR) is 82.9 cm³/mol. The summed E-state index contributed by atoms with van der Waals surface area (Å²) in [7, 11) is 0. The van der Waals surface area contributed by atoms with Crippen LogP contribution in [-0.2, 0) is 19.1 Å². The molecule has 146 valence electrons. The van der Waals surface area contributed by atoms with Crippen molar-refractivity contribution in [1.29, 1.82) is 0 Å². The average Bonchev–Trinajstić information content (AvgIpc) is 2.42. The maximum Gasteiger partial charge on any atom is 0.471 e. The molecule has 25 heavy (non-hydrogen) atoms. The molecule has 0 aromatic rings. The maximum atomic E-state index is 12.0. The van der Waals surface area contributed by atoms with Gasteiger partial charge in [-0.3, -0.25) is 4.79 Å². The molecule has 0 saturated carbocycles. The molecule has 0 unspecified atom stereocenters. The van der Waals surface area contributed by atoms with Crippen LogP contribution in [0, 0.1) is 0 Å². The average molecular weight is 391 g/mol. The molecule has 2 N–H and O–H groups in total. The molecule has 11 heteroatoms. The SMILES string of the molecule is CC(C)(C)OC(=O)N[C@@H](CCCCNC(=O)C(F)(F)F)C(=O)OCCl. The van der Waals surface area contributed by atoms with Crippen LogP contribution in [0.1, 0.15) is 40.0 Å². The lowest BCUT2D eigenvalue weighted by Gasteiger charge is -2.22. The van der Waals surface area contributed by atoms with Crippen molar-refractivity contribution in [2.75, 3.05) is 12.6 Å². The zero-order chi connectivity index (χ0) is 19.7. The summed E-state index contributed by atoms with van der Waals surface area (Å²) in [5.41, 5.74) is -0.771. The van der Waals surface area contributed by atoms with Gasteiger partial charge in [-0.05, 0) is 40.0 Å². The van der Waals surface area contributed by atoms with Crippen molar-refractivity contribution in [2.45, 2.75) is 57.9 Å². The molecular weight excluding hydrogens is 369 g/mol. The first-order chi connectivity index (χ1) is 11.4. The minimum atomic E-state index is -4.94. The third-order valence-corrected chi connectivity index (χ3v) is 2.74. The van der Waals surface area contributed by atoms with Crippen LogP contribution in [0.5, 0.6) is 0 Å². The first-order valence-corrected chi connectivity index (χ1v) is 7.97. The molecule has 0 spiro atoms. The van der Waals surface area contributed by atoms with Gasteiger partial charge in [0.1, 0.15) is 11.6 Å². The number of unbranched alkanes of at least 4 members (excludes halogenated alkanes) is 1. The van der Waals surface area contributed by atoms with E-state index in [0.717, 1.165) is 0 Å². The summed E-state index contributed by atoms with van der Waals surface area (Å²) in [5, 5.41) is 4.03. The minimum absolute atomic E-state index is 0.0802. The molecule has 0 radical (unpaired) electrons. The van der Waals surface area contributed by atoms with Crippen molar-refractivity contribution < 1.29 is 37.0 Å². The van der Waals surface area contributed by atoms with Gasteiger partial charge in [-0.2, -0.15) is 13.2 Å². The number of hydrogen-bond acceptors (Lipinski definition) is 5. The number of alkyl halides is 4. The highest BCUT2D eigenvalue weighted by molar-refractivity contribution is 6.17. The predicted octanol–water partition coefficient (Wildman–Crippen LogP) is 2.47. The van der Waals surface area contributed by atoms with Gasteiger partial charge >= 0.3 is 24.1 Å². The molecule has 0 saturated heterocycles. The Morgan fingerprint density at radius 3 is 2.20 bits per heavy atom. The highest BCUT2D eigenvalue weighted by atomic mass is 35.5. The first kappa shape index (κ1) is 23.3. The summed E-state index contributed by atoms with van der Waals surface area (Å²) in [4.78, 5) is 34.1. The Morgan fingerprint density at radius 2 is 1.72 bits per heavy atom. The van der Waals surface area contributed by atoms with Gasteiger partial charge in [0, 0.05) is 6.54 Å². The Balaban J connectivity index is 4.39. The van der Waals surface area contributed by atoms with E-state index in [0.29, 0.717) is 0 Å². The number of esters is 1. The highest BCUT2D eigenvalue weighted by Crippen LogP contribution is 2.14. The van der Waals surface area contributed by atoms with E-state index in [2.05, 4.69) is 10.1 Å². The normalized spacial score (nSPS) is 12.9. The van der Waals surface area contributed by atoms with E-state index in [4.69, 9.17) is 16.3 Å². The number of hydrogen-bond donors (Lipinski definition) is 2. The lowest BCUT2D eigenvalue weighted by Crippen LogP contribution is -2.44. The lowest BCUT2D eigenvalue weighted by atomic mass is 10.1. The summed E-state index contributed by atoms with van der Waals surface area (Å²) >= 11 is 5.30. The molecule has 0 rings (SSSR count). The molecule has 0 aliphatic carbocycles. The van der Waals surface area contributed by atoms with Crippen LogP contribution in [0.25, 0.3) is 0 Å². The van der Waals surface area contributed by atoms with E-state index in [1.807, 2.05) is 0 Å². The number of alkyl carbamates (subject to hydrolysis) is 1. The van der Waals surface area contributed by atoms with Crippen molar-refractivity contribution in [3.8, 4) is 0 Å². The van der Waals surface area contributed by atoms with Crippen LogP contribution in [0.2, 0.25) is 0 Å². The van der Waals surface area contributed by atoms with Crippen molar-refractivity contribution >= 4 is 29.6 Å². The fourth-order valence-electron chi connectivity index (χ4n) is 1.63. The fraction of sp³-hybridized carbons (Fsp3) is 0.786. The number of carbonyl (C=O) groups excluding carboxylic acids is 3. The molecule has 0 aromatic heterocycles. The van der Waals surface area contributed by atoms with Gasteiger partial charge in [0.05, 0.1) is 0 Å². The first-order valence-electron chi connectivity index (χ1n) is 7.44. The maximum absolute atomic E-state index is 12.0. The molecule has 0 aromatic carbocycles. The Kier molecular flexibility index (Phi) is 9.61. The second kappa shape index (κ2) is 10.3. The Morgan fingerprint density at radius 1 is 1.12 bits per heavy atom.